The Morgan fingerprint density at radius 2 is 1.84 bits per heavy atom. The van der Waals surface area contributed by atoms with Gasteiger partial charge in [-0.2, -0.15) is 4.57 Å². The van der Waals surface area contributed by atoms with Gasteiger partial charge in [0.1, 0.15) is 0 Å². The third-order valence-electron chi connectivity index (χ3n) is 6.05. The summed E-state index contributed by atoms with van der Waals surface area (Å²) in [6, 6.07) is 16.5. The maximum Gasteiger partial charge on any atom is 0.213 e. The number of pyridine rings is 1. The second-order valence-electron chi connectivity index (χ2n) is 8.06. The highest BCUT2D eigenvalue weighted by atomic mass is 15.1. The molecule has 2 aromatic carbocycles. The number of hydrogen-bond acceptors (Lipinski definition) is 0. The third kappa shape index (κ3) is 1.87. The summed E-state index contributed by atoms with van der Waals surface area (Å²) in [4.78, 5) is 0. The number of hydrogen-bond donors (Lipinski definition) is 0. The van der Waals surface area contributed by atoms with E-state index < -0.39 is 0 Å². The van der Waals surface area contributed by atoms with Crippen LogP contribution in [-0.2, 0) is 0 Å². The van der Waals surface area contributed by atoms with E-state index in [0.717, 1.165) is 0 Å². The zero-order valence-electron chi connectivity index (χ0n) is 15.4. The van der Waals surface area contributed by atoms with Gasteiger partial charge in [-0.05, 0) is 48.6 Å². The first-order chi connectivity index (χ1) is 12.0. The molecule has 0 spiro atoms. The topological polar surface area (TPSA) is 3.88 Å². The molecule has 2 atom stereocenters. The molecule has 1 aromatic heterocycles. The van der Waals surface area contributed by atoms with Crippen LogP contribution in [0.2, 0.25) is 0 Å². The summed E-state index contributed by atoms with van der Waals surface area (Å²) < 4.78 is 2.55. The van der Waals surface area contributed by atoms with Gasteiger partial charge < -0.3 is 0 Å². The van der Waals surface area contributed by atoms with Gasteiger partial charge in [0.25, 0.3) is 0 Å². The van der Waals surface area contributed by atoms with Gasteiger partial charge in [-0.15, -0.1) is 0 Å². The fraction of sp³-hybridized carbons (Fsp3) is 0.292. The lowest BCUT2D eigenvalue weighted by atomic mass is 9.89. The molecule has 1 saturated carbocycles. The number of benzene rings is 2. The SMILES string of the molecule is C=C1C2c3c(C)cc(C)cc3-c3ccc4c(C(C)C)cccc4[n+]3C12. The minimum absolute atomic E-state index is 0.426. The maximum atomic E-state index is 4.42. The van der Waals surface area contributed by atoms with Crippen molar-refractivity contribution < 1.29 is 4.57 Å². The second-order valence-corrected chi connectivity index (χ2v) is 8.06. The van der Waals surface area contributed by atoms with Crippen LogP contribution in [0.3, 0.4) is 0 Å². The van der Waals surface area contributed by atoms with Crippen molar-refractivity contribution in [2.75, 3.05) is 0 Å². The van der Waals surface area contributed by atoms with Crippen LogP contribution in [-0.4, -0.2) is 0 Å². The number of aryl methyl sites for hydroxylation is 2. The first-order valence-corrected chi connectivity index (χ1v) is 9.26. The van der Waals surface area contributed by atoms with Gasteiger partial charge in [0, 0.05) is 23.1 Å². The molecule has 2 heterocycles. The predicted octanol–water partition coefficient (Wildman–Crippen LogP) is 5.74. The minimum Gasteiger partial charge on any atom is -0.184 e. The Balaban J connectivity index is 1.90. The Labute approximate surface area is 149 Å². The molecule has 1 aliphatic carbocycles. The molecule has 0 saturated heterocycles. The van der Waals surface area contributed by atoms with Crippen molar-refractivity contribution in [1.29, 1.82) is 0 Å². The molecule has 0 amide bonds. The fourth-order valence-electron chi connectivity index (χ4n) is 4.92. The van der Waals surface area contributed by atoms with E-state index in [9.17, 15) is 0 Å². The van der Waals surface area contributed by atoms with E-state index in [0.29, 0.717) is 17.9 Å². The molecule has 1 nitrogen and oxygen atoms in total. The Kier molecular flexibility index (Phi) is 2.87. The van der Waals surface area contributed by atoms with Crippen LogP contribution in [0.1, 0.15) is 54.0 Å². The van der Waals surface area contributed by atoms with Crippen LogP contribution in [0, 0.1) is 13.8 Å². The molecule has 0 radical (unpaired) electrons. The van der Waals surface area contributed by atoms with Gasteiger partial charge in [0.15, 0.2) is 6.04 Å². The van der Waals surface area contributed by atoms with E-state index >= 15 is 0 Å². The van der Waals surface area contributed by atoms with E-state index in [1.54, 1.807) is 0 Å². The highest BCUT2D eigenvalue weighted by molar-refractivity contribution is 5.83. The number of rotatable bonds is 1. The van der Waals surface area contributed by atoms with Crippen molar-refractivity contribution in [3.05, 3.63) is 76.9 Å². The number of allylic oxidation sites excluding steroid dienone is 1. The summed E-state index contributed by atoms with van der Waals surface area (Å²) in [6.45, 7) is 13.4. The Bertz CT molecular complexity index is 1070. The normalized spacial score (nSPS) is 20.4. The maximum absolute atomic E-state index is 4.42. The zero-order valence-corrected chi connectivity index (χ0v) is 15.4. The summed E-state index contributed by atoms with van der Waals surface area (Å²) in [6.07, 6.45) is 0. The highest BCUT2D eigenvalue weighted by Crippen LogP contribution is 2.59. The minimum atomic E-state index is 0.426. The first kappa shape index (κ1) is 14.9. The van der Waals surface area contributed by atoms with Gasteiger partial charge >= 0.3 is 0 Å². The molecule has 1 aliphatic heterocycles. The number of nitrogens with zero attached hydrogens (tertiary/aromatic N) is 1. The van der Waals surface area contributed by atoms with Gasteiger partial charge in [-0.25, -0.2) is 0 Å². The Morgan fingerprint density at radius 1 is 1.04 bits per heavy atom. The van der Waals surface area contributed by atoms with Crippen molar-refractivity contribution in [3.63, 3.8) is 0 Å². The summed E-state index contributed by atoms with van der Waals surface area (Å²) in [5.74, 6) is 1.02. The lowest BCUT2D eigenvalue weighted by Crippen LogP contribution is -2.39. The van der Waals surface area contributed by atoms with Gasteiger partial charge in [0.05, 0.1) is 11.5 Å². The van der Waals surface area contributed by atoms with Gasteiger partial charge in [-0.1, -0.05) is 44.2 Å². The van der Waals surface area contributed by atoms with E-state index in [1.165, 1.54) is 50.0 Å². The zero-order chi connectivity index (χ0) is 17.5. The Hall–Kier alpha value is -2.41. The standard InChI is InChI=1S/C24H24N/c1-13(2)17-7-6-8-20-18(17)9-10-21-19-12-14(3)11-15(4)22(19)23-16(5)24(23)25(20)21/h6-13,23-24H,5H2,1-4H3/q+1. The molecular weight excluding hydrogens is 302 g/mol. The summed E-state index contributed by atoms with van der Waals surface area (Å²) in [5.41, 5.74) is 11.1. The van der Waals surface area contributed by atoms with Crippen molar-refractivity contribution in [3.8, 4) is 11.3 Å². The molecule has 124 valence electrons. The molecule has 2 aliphatic rings. The fourth-order valence-corrected chi connectivity index (χ4v) is 4.92. The molecule has 0 bridgehead atoms. The number of aromatic nitrogens is 1. The first-order valence-electron chi connectivity index (χ1n) is 9.26. The lowest BCUT2D eigenvalue weighted by molar-refractivity contribution is -0.663. The van der Waals surface area contributed by atoms with E-state index in [-0.39, 0.29) is 0 Å². The monoisotopic (exact) mass is 326 g/mol. The molecule has 1 heteroatoms. The van der Waals surface area contributed by atoms with Crippen LogP contribution < -0.4 is 4.57 Å². The quantitative estimate of drug-likeness (QED) is 0.396. The van der Waals surface area contributed by atoms with Crippen molar-refractivity contribution >= 4 is 10.9 Å². The van der Waals surface area contributed by atoms with Crippen LogP contribution >= 0.6 is 0 Å². The molecule has 25 heavy (non-hydrogen) atoms. The van der Waals surface area contributed by atoms with Gasteiger partial charge in [-0.3, -0.25) is 0 Å². The van der Waals surface area contributed by atoms with Crippen molar-refractivity contribution in [2.24, 2.45) is 0 Å². The smallest absolute Gasteiger partial charge is 0.184 e. The molecule has 0 N–H and O–H groups in total. The number of fused-ring (bicyclic) bond motifs is 8. The second kappa shape index (κ2) is 4.82. The van der Waals surface area contributed by atoms with Crippen LogP contribution in [0.25, 0.3) is 22.2 Å². The largest absolute Gasteiger partial charge is 0.213 e. The average Bonchev–Trinajstić information content (AvgIpc) is 3.24. The van der Waals surface area contributed by atoms with E-state index in [2.05, 4.69) is 81.3 Å². The van der Waals surface area contributed by atoms with Gasteiger partial charge in [0.2, 0.25) is 11.2 Å². The van der Waals surface area contributed by atoms with Crippen LogP contribution in [0.4, 0.5) is 0 Å². The average molecular weight is 326 g/mol. The summed E-state index contributed by atoms with van der Waals surface area (Å²) in [5, 5.41) is 1.38. The van der Waals surface area contributed by atoms with E-state index in [1.807, 2.05) is 0 Å². The van der Waals surface area contributed by atoms with E-state index in [4.69, 9.17) is 0 Å². The highest BCUT2D eigenvalue weighted by Gasteiger charge is 2.58. The van der Waals surface area contributed by atoms with Crippen molar-refractivity contribution in [1.82, 2.24) is 0 Å². The van der Waals surface area contributed by atoms with Crippen LogP contribution in [0.15, 0.2) is 54.6 Å². The lowest BCUT2D eigenvalue weighted by Gasteiger charge is -2.19. The summed E-state index contributed by atoms with van der Waals surface area (Å²) in [7, 11) is 0. The molecular formula is C24H24N+. The molecule has 3 aromatic rings. The van der Waals surface area contributed by atoms with Crippen molar-refractivity contribution in [2.45, 2.75) is 45.6 Å². The molecule has 1 fully saturated rings. The van der Waals surface area contributed by atoms with Crippen LogP contribution in [0.5, 0.6) is 0 Å². The molecule has 2 unspecified atom stereocenters. The molecule has 5 rings (SSSR count). The third-order valence-corrected chi connectivity index (χ3v) is 6.05. The predicted molar refractivity (Wildman–Crippen MR) is 104 cm³/mol. The summed E-state index contributed by atoms with van der Waals surface area (Å²) >= 11 is 0. The Morgan fingerprint density at radius 3 is 2.60 bits per heavy atom.